The first-order valence-electron chi connectivity index (χ1n) is 5.09. The zero-order valence-corrected chi connectivity index (χ0v) is 9.17. The van der Waals surface area contributed by atoms with E-state index in [2.05, 4.69) is 37.8 Å². The average Bonchev–Trinajstić information content (AvgIpc) is 2.05. The standard InChI is InChI=1S/C12H18N2/c1-9-4-5-10(13)11(6-9)14-7-12(2,3)8-14/h4-6H,7-8,13H2,1-3H3. The third-order valence-electron chi connectivity index (χ3n) is 2.76. The fraction of sp³-hybridized carbons (Fsp3) is 0.500. The van der Waals surface area contributed by atoms with E-state index in [1.807, 2.05) is 6.07 Å². The van der Waals surface area contributed by atoms with Gasteiger partial charge in [0.2, 0.25) is 0 Å². The number of nitrogen functional groups attached to an aromatic ring is 1. The van der Waals surface area contributed by atoms with Gasteiger partial charge in [0.15, 0.2) is 0 Å². The number of hydrogen-bond acceptors (Lipinski definition) is 2. The minimum Gasteiger partial charge on any atom is -0.397 e. The van der Waals surface area contributed by atoms with E-state index in [0.29, 0.717) is 5.41 Å². The predicted octanol–water partition coefficient (Wildman–Crippen LogP) is 2.42. The van der Waals surface area contributed by atoms with Crippen molar-refractivity contribution in [1.82, 2.24) is 0 Å². The van der Waals surface area contributed by atoms with E-state index in [1.165, 1.54) is 11.3 Å². The molecule has 0 atom stereocenters. The molecule has 1 aromatic rings. The normalized spacial score (nSPS) is 19.2. The highest BCUT2D eigenvalue weighted by Crippen LogP contribution is 2.36. The summed E-state index contributed by atoms with van der Waals surface area (Å²) < 4.78 is 0. The van der Waals surface area contributed by atoms with Crippen LogP contribution in [0.4, 0.5) is 11.4 Å². The maximum Gasteiger partial charge on any atom is 0.0602 e. The van der Waals surface area contributed by atoms with Crippen LogP contribution in [-0.4, -0.2) is 13.1 Å². The van der Waals surface area contributed by atoms with Crippen molar-refractivity contribution in [2.24, 2.45) is 5.41 Å². The lowest BCUT2D eigenvalue weighted by atomic mass is 9.84. The highest BCUT2D eigenvalue weighted by molar-refractivity contribution is 5.69. The van der Waals surface area contributed by atoms with E-state index in [1.54, 1.807) is 0 Å². The number of rotatable bonds is 1. The SMILES string of the molecule is Cc1ccc(N)c(N2CC(C)(C)C2)c1. The van der Waals surface area contributed by atoms with Gasteiger partial charge in [-0.1, -0.05) is 19.9 Å². The Morgan fingerprint density at radius 3 is 2.50 bits per heavy atom. The van der Waals surface area contributed by atoms with Crippen molar-refractivity contribution in [2.45, 2.75) is 20.8 Å². The zero-order chi connectivity index (χ0) is 10.3. The molecule has 0 aliphatic carbocycles. The van der Waals surface area contributed by atoms with E-state index < -0.39 is 0 Å². The Morgan fingerprint density at radius 2 is 1.93 bits per heavy atom. The average molecular weight is 190 g/mol. The smallest absolute Gasteiger partial charge is 0.0602 e. The van der Waals surface area contributed by atoms with Crippen LogP contribution < -0.4 is 10.6 Å². The summed E-state index contributed by atoms with van der Waals surface area (Å²) in [7, 11) is 0. The molecule has 0 spiro atoms. The van der Waals surface area contributed by atoms with Gasteiger partial charge in [-0.15, -0.1) is 0 Å². The first-order valence-corrected chi connectivity index (χ1v) is 5.09. The van der Waals surface area contributed by atoms with Gasteiger partial charge in [0.05, 0.1) is 11.4 Å². The van der Waals surface area contributed by atoms with Crippen LogP contribution in [0.1, 0.15) is 19.4 Å². The van der Waals surface area contributed by atoms with Crippen LogP contribution >= 0.6 is 0 Å². The van der Waals surface area contributed by atoms with Gasteiger partial charge in [0, 0.05) is 13.1 Å². The van der Waals surface area contributed by atoms with E-state index in [0.717, 1.165) is 18.8 Å². The minimum absolute atomic E-state index is 0.455. The van der Waals surface area contributed by atoms with Crippen molar-refractivity contribution in [2.75, 3.05) is 23.7 Å². The van der Waals surface area contributed by atoms with Gasteiger partial charge in [-0.05, 0) is 30.0 Å². The van der Waals surface area contributed by atoms with Gasteiger partial charge in [0.1, 0.15) is 0 Å². The molecule has 1 aliphatic heterocycles. The Bertz CT molecular complexity index is 347. The van der Waals surface area contributed by atoms with E-state index in [-0.39, 0.29) is 0 Å². The Morgan fingerprint density at radius 1 is 1.29 bits per heavy atom. The molecule has 1 aromatic carbocycles. The molecule has 2 N–H and O–H groups in total. The molecular formula is C12H18N2. The lowest BCUT2D eigenvalue weighted by Crippen LogP contribution is -2.53. The minimum atomic E-state index is 0.455. The fourth-order valence-corrected chi connectivity index (χ4v) is 2.08. The Labute approximate surface area is 85.7 Å². The Kier molecular flexibility index (Phi) is 1.95. The van der Waals surface area contributed by atoms with Crippen molar-refractivity contribution in [3.63, 3.8) is 0 Å². The molecule has 0 bridgehead atoms. The molecule has 1 heterocycles. The second kappa shape index (κ2) is 2.91. The van der Waals surface area contributed by atoms with Crippen molar-refractivity contribution in [1.29, 1.82) is 0 Å². The maximum atomic E-state index is 5.95. The molecule has 0 aromatic heterocycles. The summed E-state index contributed by atoms with van der Waals surface area (Å²) >= 11 is 0. The van der Waals surface area contributed by atoms with Crippen molar-refractivity contribution in [3.8, 4) is 0 Å². The highest BCUT2D eigenvalue weighted by Gasteiger charge is 2.34. The number of nitrogens with two attached hydrogens (primary N) is 1. The number of nitrogens with zero attached hydrogens (tertiary/aromatic N) is 1. The number of anilines is 2. The summed E-state index contributed by atoms with van der Waals surface area (Å²) in [6.45, 7) is 8.90. The molecule has 2 nitrogen and oxygen atoms in total. The van der Waals surface area contributed by atoms with Gasteiger partial charge in [-0.2, -0.15) is 0 Å². The van der Waals surface area contributed by atoms with Gasteiger partial charge in [0.25, 0.3) is 0 Å². The number of aryl methyl sites for hydroxylation is 1. The van der Waals surface area contributed by atoms with Gasteiger partial charge >= 0.3 is 0 Å². The van der Waals surface area contributed by atoms with Crippen LogP contribution in [0.3, 0.4) is 0 Å². The van der Waals surface area contributed by atoms with Crippen LogP contribution in [-0.2, 0) is 0 Å². The Hall–Kier alpha value is -1.18. The van der Waals surface area contributed by atoms with Gasteiger partial charge in [-0.3, -0.25) is 0 Å². The molecule has 0 unspecified atom stereocenters. The fourth-order valence-electron chi connectivity index (χ4n) is 2.08. The van der Waals surface area contributed by atoms with Crippen molar-refractivity contribution < 1.29 is 0 Å². The summed E-state index contributed by atoms with van der Waals surface area (Å²) in [5.41, 5.74) is 9.77. The summed E-state index contributed by atoms with van der Waals surface area (Å²) in [6.07, 6.45) is 0. The van der Waals surface area contributed by atoms with Crippen LogP contribution in [0.25, 0.3) is 0 Å². The van der Waals surface area contributed by atoms with Crippen LogP contribution in [0.5, 0.6) is 0 Å². The third kappa shape index (κ3) is 1.57. The van der Waals surface area contributed by atoms with Crippen LogP contribution in [0.2, 0.25) is 0 Å². The lowest BCUT2D eigenvalue weighted by Gasteiger charge is -2.47. The highest BCUT2D eigenvalue weighted by atomic mass is 15.2. The first kappa shape index (κ1) is 9.38. The molecule has 2 heteroatoms. The molecule has 2 rings (SSSR count). The van der Waals surface area contributed by atoms with E-state index in [4.69, 9.17) is 5.73 Å². The summed E-state index contributed by atoms with van der Waals surface area (Å²) in [5.74, 6) is 0. The molecule has 1 fully saturated rings. The number of hydrogen-bond donors (Lipinski definition) is 1. The predicted molar refractivity (Wildman–Crippen MR) is 61.6 cm³/mol. The molecular weight excluding hydrogens is 172 g/mol. The van der Waals surface area contributed by atoms with Gasteiger partial charge < -0.3 is 10.6 Å². The first-order chi connectivity index (χ1) is 6.48. The van der Waals surface area contributed by atoms with Crippen molar-refractivity contribution >= 4 is 11.4 Å². The van der Waals surface area contributed by atoms with Crippen LogP contribution in [0.15, 0.2) is 18.2 Å². The molecule has 0 radical (unpaired) electrons. The van der Waals surface area contributed by atoms with Gasteiger partial charge in [-0.25, -0.2) is 0 Å². The summed E-state index contributed by atoms with van der Waals surface area (Å²) in [4.78, 5) is 2.35. The molecule has 14 heavy (non-hydrogen) atoms. The van der Waals surface area contributed by atoms with Crippen molar-refractivity contribution in [3.05, 3.63) is 23.8 Å². The summed E-state index contributed by atoms with van der Waals surface area (Å²) in [6, 6.07) is 6.23. The quantitative estimate of drug-likeness (QED) is 0.689. The molecule has 1 saturated heterocycles. The Balaban J connectivity index is 2.22. The zero-order valence-electron chi connectivity index (χ0n) is 9.17. The summed E-state index contributed by atoms with van der Waals surface area (Å²) in [5, 5.41) is 0. The third-order valence-corrected chi connectivity index (χ3v) is 2.76. The molecule has 76 valence electrons. The monoisotopic (exact) mass is 190 g/mol. The van der Waals surface area contributed by atoms with Crippen LogP contribution in [0, 0.1) is 12.3 Å². The molecule has 0 saturated carbocycles. The van der Waals surface area contributed by atoms with E-state index in [9.17, 15) is 0 Å². The molecule has 1 aliphatic rings. The second-order valence-electron chi connectivity index (χ2n) is 5.08. The maximum absolute atomic E-state index is 5.95. The largest absolute Gasteiger partial charge is 0.397 e. The topological polar surface area (TPSA) is 29.3 Å². The number of benzene rings is 1. The van der Waals surface area contributed by atoms with E-state index >= 15 is 0 Å². The molecule has 0 amide bonds. The second-order valence-corrected chi connectivity index (χ2v) is 5.08. The lowest BCUT2D eigenvalue weighted by molar-refractivity contribution is 0.277.